The van der Waals surface area contributed by atoms with Gasteiger partial charge in [-0.1, -0.05) is 35.5 Å². The van der Waals surface area contributed by atoms with Gasteiger partial charge in [0.1, 0.15) is 5.69 Å². The summed E-state index contributed by atoms with van der Waals surface area (Å²) in [7, 11) is -3.82. The molecule has 2 aromatic heterocycles. The fraction of sp³-hybridized carbons (Fsp3) is 0.133. The lowest BCUT2D eigenvalue weighted by atomic mass is 10.1. The van der Waals surface area contributed by atoms with Crippen molar-refractivity contribution in [3.8, 4) is 11.3 Å². The van der Waals surface area contributed by atoms with Crippen molar-refractivity contribution >= 4 is 15.8 Å². The average Bonchev–Trinajstić information content (AvgIpc) is 2.88. The second kappa shape index (κ2) is 5.81. The van der Waals surface area contributed by atoms with Gasteiger partial charge in [-0.15, -0.1) is 10.2 Å². The molecule has 23 heavy (non-hydrogen) atoms. The predicted molar refractivity (Wildman–Crippen MR) is 84.3 cm³/mol. The fourth-order valence-corrected chi connectivity index (χ4v) is 3.52. The molecular weight excluding hydrogens is 316 g/mol. The molecule has 0 spiro atoms. The first-order valence-electron chi connectivity index (χ1n) is 6.82. The smallest absolute Gasteiger partial charge is 0.268 e. The number of sulfonamides is 1. The van der Waals surface area contributed by atoms with E-state index in [4.69, 9.17) is 4.52 Å². The number of hydrogen-bond acceptors (Lipinski definition) is 6. The van der Waals surface area contributed by atoms with Gasteiger partial charge in [0.2, 0.25) is 0 Å². The van der Waals surface area contributed by atoms with Gasteiger partial charge in [0, 0.05) is 5.56 Å². The van der Waals surface area contributed by atoms with Crippen molar-refractivity contribution in [1.29, 1.82) is 0 Å². The van der Waals surface area contributed by atoms with Gasteiger partial charge >= 0.3 is 0 Å². The van der Waals surface area contributed by atoms with Crippen LogP contribution in [0.4, 0.5) is 5.82 Å². The Hall–Kier alpha value is -2.74. The van der Waals surface area contributed by atoms with E-state index in [2.05, 4.69) is 20.1 Å². The number of hydrogen-bond donors (Lipinski definition) is 1. The average molecular weight is 330 g/mol. The molecule has 0 aliphatic carbocycles. The van der Waals surface area contributed by atoms with Crippen molar-refractivity contribution < 1.29 is 12.9 Å². The van der Waals surface area contributed by atoms with Gasteiger partial charge < -0.3 is 4.52 Å². The molecule has 0 fully saturated rings. The highest BCUT2D eigenvalue weighted by Crippen LogP contribution is 2.22. The molecule has 0 unspecified atom stereocenters. The van der Waals surface area contributed by atoms with Crippen LogP contribution in [-0.2, 0) is 10.0 Å². The maximum Gasteiger partial charge on any atom is 0.268 e. The van der Waals surface area contributed by atoms with Crippen LogP contribution in [0.25, 0.3) is 11.3 Å². The van der Waals surface area contributed by atoms with Gasteiger partial charge in [0.15, 0.2) is 16.5 Å². The van der Waals surface area contributed by atoms with Gasteiger partial charge in [-0.25, -0.2) is 8.42 Å². The van der Waals surface area contributed by atoms with E-state index in [1.165, 1.54) is 0 Å². The van der Waals surface area contributed by atoms with Gasteiger partial charge in [-0.2, -0.15) is 0 Å². The Morgan fingerprint density at radius 2 is 1.74 bits per heavy atom. The van der Waals surface area contributed by atoms with Crippen molar-refractivity contribution in [2.24, 2.45) is 0 Å². The molecule has 0 amide bonds. The van der Waals surface area contributed by atoms with Crippen molar-refractivity contribution in [2.45, 2.75) is 18.7 Å². The van der Waals surface area contributed by atoms with Crippen molar-refractivity contribution in [3.63, 3.8) is 0 Å². The number of nitrogens with one attached hydrogen (secondary N) is 1. The molecule has 118 valence electrons. The Kier molecular flexibility index (Phi) is 3.83. The molecule has 0 aliphatic rings. The first-order chi connectivity index (χ1) is 11.0. The molecule has 2 heterocycles. The van der Waals surface area contributed by atoms with Crippen LogP contribution in [0.1, 0.15) is 11.5 Å². The summed E-state index contributed by atoms with van der Waals surface area (Å²) in [6.45, 7) is 3.11. The highest BCUT2D eigenvalue weighted by atomic mass is 32.2. The first-order valence-corrected chi connectivity index (χ1v) is 8.30. The highest BCUT2D eigenvalue weighted by Gasteiger charge is 2.24. The number of nitrogens with zero attached hydrogens (tertiary/aromatic N) is 3. The van der Waals surface area contributed by atoms with Gasteiger partial charge in [0.25, 0.3) is 10.0 Å². The Morgan fingerprint density at radius 3 is 2.30 bits per heavy atom. The van der Waals surface area contributed by atoms with E-state index in [1.54, 1.807) is 26.0 Å². The van der Waals surface area contributed by atoms with Crippen LogP contribution in [0.15, 0.2) is 51.9 Å². The van der Waals surface area contributed by atoms with Crippen molar-refractivity contribution in [1.82, 2.24) is 15.4 Å². The SMILES string of the molecule is Cc1noc(C)c1S(=O)(=O)Nc1ccc(-c2ccccc2)nn1. The maximum absolute atomic E-state index is 12.4. The van der Waals surface area contributed by atoms with Crippen molar-refractivity contribution in [2.75, 3.05) is 4.72 Å². The number of anilines is 1. The van der Waals surface area contributed by atoms with Crippen LogP contribution in [0, 0.1) is 13.8 Å². The maximum atomic E-state index is 12.4. The summed E-state index contributed by atoms with van der Waals surface area (Å²) in [6.07, 6.45) is 0. The predicted octanol–water partition coefficient (Wildman–Crippen LogP) is 2.55. The zero-order valence-electron chi connectivity index (χ0n) is 12.5. The number of benzene rings is 1. The molecule has 8 heteroatoms. The van der Waals surface area contributed by atoms with E-state index in [0.717, 1.165) is 5.56 Å². The number of aryl methyl sites for hydroxylation is 2. The summed E-state index contributed by atoms with van der Waals surface area (Å²) in [5.74, 6) is 0.355. The van der Waals surface area contributed by atoms with E-state index in [1.807, 2.05) is 30.3 Å². The minimum Gasteiger partial charge on any atom is -0.360 e. The van der Waals surface area contributed by atoms with Crippen LogP contribution >= 0.6 is 0 Å². The molecule has 0 saturated carbocycles. The van der Waals surface area contributed by atoms with Gasteiger partial charge in [-0.05, 0) is 26.0 Å². The van der Waals surface area contributed by atoms with E-state index in [0.29, 0.717) is 11.4 Å². The van der Waals surface area contributed by atoms with E-state index in [9.17, 15) is 8.42 Å². The third kappa shape index (κ3) is 3.07. The van der Waals surface area contributed by atoms with Crippen LogP contribution in [0.5, 0.6) is 0 Å². The quantitative estimate of drug-likeness (QED) is 0.789. The summed E-state index contributed by atoms with van der Waals surface area (Å²) in [4.78, 5) is 0.0198. The first kappa shape index (κ1) is 15.2. The number of rotatable bonds is 4. The van der Waals surface area contributed by atoms with Crippen LogP contribution in [-0.4, -0.2) is 23.8 Å². The standard InChI is InChI=1S/C15H14N4O3S/c1-10-15(11(2)22-18-10)23(20,21)19-14-9-8-13(16-17-14)12-6-4-3-5-7-12/h3-9H,1-2H3,(H,17,19). The summed E-state index contributed by atoms with van der Waals surface area (Å²) in [5, 5.41) is 11.6. The molecular formula is C15H14N4O3S. The Labute approximate surface area is 133 Å². The lowest BCUT2D eigenvalue weighted by molar-refractivity contribution is 0.390. The van der Waals surface area contributed by atoms with Crippen LogP contribution in [0.2, 0.25) is 0 Å². The zero-order valence-corrected chi connectivity index (χ0v) is 13.3. The lowest BCUT2D eigenvalue weighted by Crippen LogP contribution is -2.15. The largest absolute Gasteiger partial charge is 0.360 e. The minimum atomic E-state index is -3.82. The van der Waals surface area contributed by atoms with E-state index >= 15 is 0 Å². The molecule has 1 N–H and O–H groups in total. The summed E-state index contributed by atoms with van der Waals surface area (Å²) in [6, 6.07) is 12.8. The molecule has 1 aromatic carbocycles. The van der Waals surface area contributed by atoms with Gasteiger partial charge in [0.05, 0.1) is 5.69 Å². The molecule has 3 aromatic rings. The third-order valence-electron chi connectivity index (χ3n) is 3.21. The highest BCUT2D eigenvalue weighted by molar-refractivity contribution is 7.92. The summed E-state index contributed by atoms with van der Waals surface area (Å²) < 4.78 is 32.0. The Bertz CT molecular complexity index is 900. The van der Waals surface area contributed by atoms with Crippen molar-refractivity contribution in [3.05, 3.63) is 53.9 Å². The molecule has 0 saturated heterocycles. The van der Waals surface area contributed by atoms with E-state index in [-0.39, 0.29) is 16.5 Å². The molecule has 0 aliphatic heterocycles. The normalized spacial score (nSPS) is 11.4. The zero-order chi connectivity index (χ0) is 16.4. The third-order valence-corrected chi connectivity index (χ3v) is 4.81. The second-order valence-corrected chi connectivity index (χ2v) is 6.55. The topological polar surface area (TPSA) is 98.0 Å². The summed E-state index contributed by atoms with van der Waals surface area (Å²) >= 11 is 0. The summed E-state index contributed by atoms with van der Waals surface area (Å²) in [5.41, 5.74) is 1.86. The van der Waals surface area contributed by atoms with E-state index < -0.39 is 10.0 Å². The minimum absolute atomic E-state index is 0.0198. The Morgan fingerprint density at radius 1 is 1.00 bits per heavy atom. The number of aromatic nitrogens is 3. The van der Waals surface area contributed by atoms with Crippen LogP contribution < -0.4 is 4.72 Å². The molecule has 0 radical (unpaired) electrons. The monoisotopic (exact) mass is 330 g/mol. The van der Waals surface area contributed by atoms with Gasteiger partial charge in [-0.3, -0.25) is 4.72 Å². The molecule has 7 nitrogen and oxygen atoms in total. The van der Waals surface area contributed by atoms with Crippen LogP contribution in [0.3, 0.4) is 0 Å². The Balaban J connectivity index is 1.87. The fourth-order valence-electron chi connectivity index (χ4n) is 2.20. The molecule has 0 atom stereocenters. The molecule has 0 bridgehead atoms. The molecule has 3 rings (SSSR count). The second-order valence-electron chi connectivity index (χ2n) is 4.93. The lowest BCUT2D eigenvalue weighted by Gasteiger charge is -2.06.